The maximum atomic E-state index is 12.7. The summed E-state index contributed by atoms with van der Waals surface area (Å²) in [5, 5.41) is 1.02. The van der Waals surface area contributed by atoms with Crippen molar-refractivity contribution in [1.29, 1.82) is 0 Å². The Morgan fingerprint density at radius 3 is 2.39 bits per heavy atom. The van der Waals surface area contributed by atoms with Gasteiger partial charge in [-0.15, -0.1) is 0 Å². The first-order chi connectivity index (χ1) is 15.9. The lowest BCUT2D eigenvalue weighted by molar-refractivity contribution is -0.210. The summed E-state index contributed by atoms with van der Waals surface area (Å²) in [4.78, 5) is 1.79. The number of rotatable bonds is 6. The molecule has 0 bridgehead atoms. The van der Waals surface area contributed by atoms with Gasteiger partial charge in [0, 0.05) is 25.0 Å². The number of alkyl halides is 3. The molecule has 1 aliphatic rings. The van der Waals surface area contributed by atoms with Crippen molar-refractivity contribution in [1.82, 2.24) is 4.90 Å². The molecule has 0 radical (unpaired) electrons. The van der Waals surface area contributed by atoms with Crippen LogP contribution in [0, 0.1) is 5.92 Å². The second-order valence-electron chi connectivity index (χ2n) is 8.61. The Labute approximate surface area is 190 Å². The van der Waals surface area contributed by atoms with Gasteiger partial charge < -0.3 is 9.15 Å². The minimum Gasteiger partial charge on any atom is -0.496 e. The third kappa shape index (κ3) is 4.62. The van der Waals surface area contributed by atoms with E-state index in [0.717, 1.165) is 28.5 Å². The van der Waals surface area contributed by atoms with Crippen molar-refractivity contribution in [3.8, 4) is 17.1 Å². The molecule has 1 aliphatic heterocycles. The van der Waals surface area contributed by atoms with Crippen molar-refractivity contribution < 1.29 is 22.3 Å². The molecule has 3 aromatic carbocycles. The first kappa shape index (κ1) is 21.6. The third-order valence-corrected chi connectivity index (χ3v) is 6.19. The molecule has 3 nitrogen and oxygen atoms in total. The summed E-state index contributed by atoms with van der Waals surface area (Å²) < 4.78 is 49.9. The maximum absolute atomic E-state index is 12.7. The van der Waals surface area contributed by atoms with Crippen LogP contribution in [0.5, 0.6) is 5.75 Å². The van der Waals surface area contributed by atoms with Gasteiger partial charge in [-0.1, -0.05) is 42.5 Å². The molecule has 1 saturated heterocycles. The molecule has 0 atom stereocenters. The van der Waals surface area contributed by atoms with Crippen molar-refractivity contribution in [3.05, 3.63) is 89.5 Å². The van der Waals surface area contributed by atoms with Crippen LogP contribution in [0.1, 0.15) is 16.7 Å². The number of halogens is 3. The van der Waals surface area contributed by atoms with E-state index in [9.17, 15) is 13.2 Å². The van der Waals surface area contributed by atoms with Crippen LogP contribution >= 0.6 is 0 Å². The highest BCUT2D eigenvalue weighted by atomic mass is 19.4. The summed E-state index contributed by atoms with van der Waals surface area (Å²) in [5.41, 5.74) is 4.99. The van der Waals surface area contributed by atoms with Crippen LogP contribution in [0.4, 0.5) is 13.2 Å². The molecule has 2 heterocycles. The van der Waals surface area contributed by atoms with Gasteiger partial charge >= 0.3 is 6.18 Å². The average molecular weight is 451 g/mol. The summed E-state index contributed by atoms with van der Waals surface area (Å²) in [6.45, 7) is 0.553. The summed E-state index contributed by atoms with van der Waals surface area (Å²) in [6.07, 6.45) is -3.26. The minimum atomic E-state index is -4.11. The van der Waals surface area contributed by atoms with Gasteiger partial charge in [0.1, 0.15) is 17.1 Å². The molecule has 33 heavy (non-hydrogen) atoms. The predicted octanol–water partition coefficient (Wildman–Crippen LogP) is 6.69. The topological polar surface area (TPSA) is 25.6 Å². The molecule has 0 spiro atoms. The fraction of sp³-hybridized carbons (Fsp3) is 0.259. The van der Waals surface area contributed by atoms with Gasteiger partial charge in [0.2, 0.25) is 0 Å². The fourth-order valence-corrected chi connectivity index (χ4v) is 4.37. The van der Waals surface area contributed by atoms with Crippen LogP contribution in [-0.2, 0) is 13.0 Å². The second-order valence-corrected chi connectivity index (χ2v) is 8.61. The lowest BCUT2D eigenvalue weighted by Crippen LogP contribution is -2.52. The number of fused-ring (bicyclic) bond motifs is 1. The zero-order valence-corrected chi connectivity index (χ0v) is 18.2. The standard InChI is InChI=1S/C27H24F3NO2/c1-32-25-13-20(15-31-16-22(17-31)27(28,29)30)7-9-23(25)26-14-21-12-19(8-10-24(21)33-26)11-18-5-3-2-4-6-18/h2-10,12-14,22H,11,15-17H2,1H3. The molecule has 0 N–H and O–H groups in total. The largest absolute Gasteiger partial charge is 0.496 e. The normalized spacial score (nSPS) is 15.0. The third-order valence-electron chi connectivity index (χ3n) is 6.19. The molecular formula is C27H24F3NO2. The highest BCUT2D eigenvalue weighted by Crippen LogP contribution is 2.37. The van der Waals surface area contributed by atoms with E-state index >= 15 is 0 Å². The summed E-state index contributed by atoms with van der Waals surface area (Å²) in [5.74, 6) is 0.122. The zero-order chi connectivity index (χ0) is 23.0. The molecule has 0 amide bonds. The van der Waals surface area contributed by atoms with Crippen molar-refractivity contribution >= 4 is 11.0 Å². The highest BCUT2D eigenvalue weighted by molar-refractivity contribution is 5.84. The number of nitrogens with zero attached hydrogens (tertiary/aromatic N) is 1. The van der Waals surface area contributed by atoms with Gasteiger partial charge in [0.05, 0.1) is 18.6 Å². The Morgan fingerprint density at radius 1 is 0.909 bits per heavy atom. The van der Waals surface area contributed by atoms with E-state index in [1.807, 2.05) is 48.5 Å². The van der Waals surface area contributed by atoms with Crippen LogP contribution in [0.15, 0.2) is 77.2 Å². The second kappa shape index (κ2) is 8.60. The number of likely N-dealkylation sites (tertiary alicyclic amines) is 1. The van der Waals surface area contributed by atoms with E-state index in [-0.39, 0.29) is 13.1 Å². The Morgan fingerprint density at radius 2 is 1.67 bits per heavy atom. The van der Waals surface area contributed by atoms with Crippen molar-refractivity contribution in [2.75, 3.05) is 20.2 Å². The van der Waals surface area contributed by atoms with E-state index in [2.05, 4.69) is 24.3 Å². The minimum absolute atomic E-state index is 0.0441. The number of methoxy groups -OCH3 is 1. The van der Waals surface area contributed by atoms with Crippen LogP contribution in [0.2, 0.25) is 0 Å². The molecule has 170 valence electrons. The van der Waals surface area contributed by atoms with Crippen molar-refractivity contribution in [2.45, 2.75) is 19.1 Å². The molecule has 1 fully saturated rings. The predicted molar refractivity (Wildman–Crippen MR) is 122 cm³/mol. The van der Waals surface area contributed by atoms with Gasteiger partial charge in [-0.05, 0) is 53.4 Å². The SMILES string of the molecule is COc1cc(CN2CC(C(F)(F)F)C2)ccc1-c1cc2cc(Cc3ccccc3)ccc2o1. The lowest BCUT2D eigenvalue weighted by Gasteiger charge is -2.40. The van der Waals surface area contributed by atoms with Gasteiger partial charge in [-0.2, -0.15) is 13.2 Å². The first-order valence-corrected chi connectivity index (χ1v) is 10.9. The summed E-state index contributed by atoms with van der Waals surface area (Å²) >= 11 is 0. The molecule has 6 heteroatoms. The number of furan rings is 1. The van der Waals surface area contributed by atoms with E-state index < -0.39 is 12.1 Å². The summed E-state index contributed by atoms with van der Waals surface area (Å²) in [7, 11) is 1.59. The number of benzene rings is 3. The van der Waals surface area contributed by atoms with E-state index in [1.54, 1.807) is 12.0 Å². The Balaban J connectivity index is 1.34. The average Bonchev–Trinajstić information content (AvgIpc) is 3.19. The fourth-order valence-electron chi connectivity index (χ4n) is 4.37. The molecule has 0 unspecified atom stereocenters. The summed E-state index contributed by atoms with van der Waals surface area (Å²) in [6, 6.07) is 24.2. The Bertz CT molecular complexity index is 1260. The van der Waals surface area contributed by atoms with Crippen LogP contribution in [0.3, 0.4) is 0 Å². The number of hydrogen-bond donors (Lipinski definition) is 0. The van der Waals surface area contributed by atoms with Gasteiger partial charge in [-0.25, -0.2) is 0 Å². The number of hydrogen-bond acceptors (Lipinski definition) is 3. The van der Waals surface area contributed by atoms with Crippen molar-refractivity contribution in [3.63, 3.8) is 0 Å². The van der Waals surface area contributed by atoms with E-state index in [1.165, 1.54) is 11.1 Å². The van der Waals surface area contributed by atoms with Crippen LogP contribution < -0.4 is 4.74 Å². The van der Waals surface area contributed by atoms with E-state index in [0.29, 0.717) is 18.1 Å². The van der Waals surface area contributed by atoms with Crippen LogP contribution in [0.25, 0.3) is 22.3 Å². The molecule has 4 aromatic rings. The van der Waals surface area contributed by atoms with Gasteiger partial charge in [0.15, 0.2) is 0 Å². The Kier molecular flexibility index (Phi) is 5.62. The molecule has 5 rings (SSSR count). The number of ether oxygens (including phenoxy) is 1. The van der Waals surface area contributed by atoms with Gasteiger partial charge in [-0.3, -0.25) is 4.90 Å². The molecule has 1 aromatic heterocycles. The Hall–Kier alpha value is -3.25. The zero-order valence-electron chi connectivity index (χ0n) is 18.2. The maximum Gasteiger partial charge on any atom is 0.394 e. The molecule has 0 saturated carbocycles. The highest BCUT2D eigenvalue weighted by Gasteiger charge is 2.46. The monoisotopic (exact) mass is 451 g/mol. The van der Waals surface area contributed by atoms with Crippen LogP contribution in [-0.4, -0.2) is 31.3 Å². The van der Waals surface area contributed by atoms with Gasteiger partial charge in [0.25, 0.3) is 0 Å². The first-order valence-electron chi connectivity index (χ1n) is 10.9. The molecular weight excluding hydrogens is 427 g/mol. The van der Waals surface area contributed by atoms with E-state index in [4.69, 9.17) is 9.15 Å². The lowest BCUT2D eigenvalue weighted by atomic mass is 9.98. The molecule has 0 aliphatic carbocycles. The smallest absolute Gasteiger partial charge is 0.394 e. The van der Waals surface area contributed by atoms with Crippen molar-refractivity contribution in [2.24, 2.45) is 5.92 Å². The quantitative estimate of drug-likeness (QED) is 0.326.